The highest BCUT2D eigenvalue weighted by atomic mass is 19.1. The molecule has 5 aromatic rings. The number of pyridine rings is 1. The molecule has 0 saturated carbocycles. The number of nitrogens with zero attached hydrogens (tertiary/aromatic N) is 5. The van der Waals surface area contributed by atoms with Crippen LogP contribution in [0.4, 0.5) is 21.7 Å². The molecule has 2 aromatic heterocycles. The van der Waals surface area contributed by atoms with E-state index in [0.29, 0.717) is 23.7 Å². The zero-order valence-corrected chi connectivity index (χ0v) is 26.0. The topological polar surface area (TPSA) is 87.0 Å². The van der Waals surface area contributed by atoms with Gasteiger partial charge in [0.05, 0.1) is 12.8 Å². The number of methoxy groups -OCH3 is 1. The van der Waals surface area contributed by atoms with Crippen LogP contribution < -0.4 is 20.3 Å². The highest BCUT2D eigenvalue weighted by Crippen LogP contribution is 2.32. The summed E-state index contributed by atoms with van der Waals surface area (Å²) in [6, 6.07) is 23.5. The number of ether oxygens (including phenoxy) is 1. The number of carbonyl (C=O) groups excluding carboxylic acids is 1. The molecule has 3 heterocycles. The van der Waals surface area contributed by atoms with Gasteiger partial charge in [-0.2, -0.15) is 4.98 Å². The van der Waals surface area contributed by atoms with E-state index in [-0.39, 0.29) is 17.3 Å². The molecule has 0 aliphatic carbocycles. The summed E-state index contributed by atoms with van der Waals surface area (Å²) in [6.45, 7) is 11.1. The van der Waals surface area contributed by atoms with Gasteiger partial charge in [-0.05, 0) is 80.4 Å². The number of benzene rings is 3. The second-order valence-electron chi connectivity index (χ2n) is 12.2. The second-order valence-corrected chi connectivity index (χ2v) is 12.2. The van der Waals surface area contributed by atoms with Crippen LogP contribution in [-0.4, -0.2) is 64.2 Å². The lowest BCUT2D eigenvalue weighted by Crippen LogP contribution is -2.53. The van der Waals surface area contributed by atoms with Crippen LogP contribution >= 0.6 is 0 Å². The van der Waals surface area contributed by atoms with E-state index in [4.69, 9.17) is 4.74 Å². The van der Waals surface area contributed by atoms with Gasteiger partial charge in [0.1, 0.15) is 11.6 Å². The molecule has 0 bridgehead atoms. The molecule has 1 amide bonds. The summed E-state index contributed by atoms with van der Waals surface area (Å²) in [5, 5.41) is 10.8. The fraction of sp³-hybridized carbons (Fsp3) is 0.286. The van der Waals surface area contributed by atoms with Gasteiger partial charge in [-0.3, -0.25) is 9.69 Å². The van der Waals surface area contributed by atoms with Crippen LogP contribution in [0.15, 0.2) is 85.1 Å². The Kier molecular flexibility index (Phi) is 8.40. The van der Waals surface area contributed by atoms with Crippen LogP contribution in [0.25, 0.3) is 16.8 Å². The van der Waals surface area contributed by atoms with Gasteiger partial charge in [0.2, 0.25) is 5.95 Å². The van der Waals surface area contributed by atoms with Gasteiger partial charge in [0.25, 0.3) is 5.91 Å². The molecule has 45 heavy (non-hydrogen) atoms. The normalized spacial score (nSPS) is 14.0. The van der Waals surface area contributed by atoms with Crippen molar-refractivity contribution in [2.45, 2.75) is 32.9 Å². The Morgan fingerprint density at radius 1 is 0.911 bits per heavy atom. The van der Waals surface area contributed by atoms with E-state index in [1.54, 1.807) is 35.9 Å². The molecule has 9 nitrogen and oxygen atoms in total. The van der Waals surface area contributed by atoms with Gasteiger partial charge >= 0.3 is 0 Å². The van der Waals surface area contributed by atoms with Crippen molar-refractivity contribution in [1.29, 1.82) is 0 Å². The minimum absolute atomic E-state index is 0.177. The van der Waals surface area contributed by atoms with Gasteiger partial charge in [-0.15, -0.1) is 5.10 Å². The fourth-order valence-corrected chi connectivity index (χ4v) is 5.54. The fourth-order valence-electron chi connectivity index (χ4n) is 5.54. The minimum Gasteiger partial charge on any atom is -0.494 e. The van der Waals surface area contributed by atoms with Gasteiger partial charge in [0.15, 0.2) is 5.65 Å². The number of carbonyl (C=O) groups is 1. The summed E-state index contributed by atoms with van der Waals surface area (Å²) < 4.78 is 20.6. The molecule has 0 atom stereocenters. The molecule has 1 aliphatic heterocycles. The van der Waals surface area contributed by atoms with Crippen molar-refractivity contribution in [2.75, 3.05) is 43.5 Å². The van der Waals surface area contributed by atoms with Crippen molar-refractivity contribution >= 4 is 28.9 Å². The third-order valence-corrected chi connectivity index (χ3v) is 8.20. The molecule has 3 aromatic carbocycles. The summed E-state index contributed by atoms with van der Waals surface area (Å²) >= 11 is 0. The molecule has 10 heteroatoms. The van der Waals surface area contributed by atoms with E-state index in [1.807, 2.05) is 36.5 Å². The average molecular weight is 608 g/mol. The first-order valence-corrected chi connectivity index (χ1v) is 15.1. The Hall–Kier alpha value is -4.96. The van der Waals surface area contributed by atoms with Crippen molar-refractivity contribution in [3.8, 4) is 16.9 Å². The standard InChI is InChI=1S/C35H38FN7O2/c1-35(2,3)42-19-17-41(18-20-42)29-14-15-30(31(21-29)45-4)38-34-39-32-16-11-27(23-43(32)40-34)25-7-9-26(10-8-25)33(44)37-22-24-5-12-28(36)13-6-24/h5-16,21,23H,17-20,22H2,1-4H3,(H,37,44)(H,38,40). The largest absolute Gasteiger partial charge is 0.494 e. The summed E-state index contributed by atoms with van der Waals surface area (Å²) in [4.78, 5) is 22.2. The number of anilines is 3. The summed E-state index contributed by atoms with van der Waals surface area (Å²) in [5.74, 6) is 0.695. The first kappa shape index (κ1) is 30.1. The number of halogens is 1. The number of piperazine rings is 1. The number of amides is 1. The molecular weight excluding hydrogens is 569 g/mol. The van der Waals surface area contributed by atoms with Gasteiger partial charge < -0.3 is 20.3 Å². The van der Waals surface area contributed by atoms with Gasteiger partial charge in [0, 0.05) is 67.3 Å². The van der Waals surface area contributed by atoms with Crippen LogP contribution in [-0.2, 0) is 6.54 Å². The van der Waals surface area contributed by atoms with E-state index in [1.165, 1.54) is 12.1 Å². The van der Waals surface area contributed by atoms with Crippen LogP contribution in [0.3, 0.4) is 0 Å². The Balaban J connectivity index is 1.11. The third kappa shape index (κ3) is 6.91. The molecule has 2 N–H and O–H groups in total. The second kappa shape index (κ2) is 12.6. The van der Waals surface area contributed by atoms with Crippen molar-refractivity contribution in [3.63, 3.8) is 0 Å². The van der Waals surface area contributed by atoms with Crippen molar-refractivity contribution < 1.29 is 13.9 Å². The maximum absolute atomic E-state index is 13.1. The molecule has 6 rings (SSSR count). The van der Waals surface area contributed by atoms with E-state index >= 15 is 0 Å². The average Bonchev–Trinajstić information content (AvgIpc) is 3.46. The highest BCUT2D eigenvalue weighted by Gasteiger charge is 2.26. The molecular formula is C35H38FN7O2. The number of hydrogen-bond acceptors (Lipinski definition) is 7. The van der Waals surface area contributed by atoms with E-state index < -0.39 is 0 Å². The van der Waals surface area contributed by atoms with Crippen LogP contribution in [0.1, 0.15) is 36.7 Å². The monoisotopic (exact) mass is 607 g/mol. The lowest BCUT2D eigenvalue weighted by atomic mass is 10.0. The van der Waals surface area contributed by atoms with Crippen molar-refractivity contribution in [3.05, 3.63) is 102 Å². The minimum atomic E-state index is -0.302. The smallest absolute Gasteiger partial charge is 0.251 e. The number of nitrogens with one attached hydrogen (secondary N) is 2. The van der Waals surface area contributed by atoms with E-state index in [2.05, 4.69) is 63.4 Å². The highest BCUT2D eigenvalue weighted by molar-refractivity contribution is 5.94. The quantitative estimate of drug-likeness (QED) is 0.219. The number of rotatable bonds is 8. The Bertz CT molecular complexity index is 1790. The first-order valence-electron chi connectivity index (χ1n) is 15.1. The molecule has 1 fully saturated rings. The van der Waals surface area contributed by atoms with Gasteiger partial charge in [-0.1, -0.05) is 24.3 Å². The van der Waals surface area contributed by atoms with Crippen LogP contribution in [0.2, 0.25) is 0 Å². The van der Waals surface area contributed by atoms with E-state index in [0.717, 1.165) is 60.0 Å². The predicted octanol–water partition coefficient (Wildman–Crippen LogP) is 6.14. The van der Waals surface area contributed by atoms with Crippen LogP contribution in [0.5, 0.6) is 5.75 Å². The van der Waals surface area contributed by atoms with Crippen LogP contribution in [0, 0.1) is 5.82 Å². The van der Waals surface area contributed by atoms with Crippen molar-refractivity contribution in [1.82, 2.24) is 24.8 Å². The zero-order chi connectivity index (χ0) is 31.6. The molecule has 0 radical (unpaired) electrons. The molecule has 0 spiro atoms. The summed E-state index contributed by atoms with van der Waals surface area (Å²) in [5.41, 5.74) is 6.05. The number of hydrogen-bond donors (Lipinski definition) is 2. The molecule has 0 unspecified atom stereocenters. The SMILES string of the molecule is COc1cc(N2CCN(C(C)(C)C)CC2)ccc1Nc1nc2ccc(-c3ccc(C(=O)NCc4ccc(F)cc4)cc3)cn2n1. The lowest BCUT2D eigenvalue weighted by Gasteiger charge is -2.43. The molecule has 1 aliphatic rings. The maximum Gasteiger partial charge on any atom is 0.251 e. The number of fused-ring (bicyclic) bond motifs is 1. The third-order valence-electron chi connectivity index (χ3n) is 8.20. The Labute approximate surface area is 262 Å². The summed E-state index contributed by atoms with van der Waals surface area (Å²) in [7, 11) is 1.67. The predicted molar refractivity (Wildman–Crippen MR) is 176 cm³/mol. The zero-order valence-electron chi connectivity index (χ0n) is 26.0. The van der Waals surface area contributed by atoms with Gasteiger partial charge in [-0.25, -0.2) is 8.91 Å². The first-order chi connectivity index (χ1) is 21.7. The summed E-state index contributed by atoms with van der Waals surface area (Å²) in [6.07, 6.45) is 1.91. The maximum atomic E-state index is 13.1. The Morgan fingerprint density at radius 2 is 1.62 bits per heavy atom. The molecule has 1 saturated heterocycles. The number of aromatic nitrogens is 3. The van der Waals surface area contributed by atoms with E-state index in [9.17, 15) is 9.18 Å². The lowest BCUT2D eigenvalue weighted by molar-refractivity contribution is 0.0951. The van der Waals surface area contributed by atoms with Crippen molar-refractivity contribution in [2.24, 2.45) is 0 Å². The Morgan fingerprint density at radius 3 is 2.31 bits per heavy atom. The molecule has 232 valence electrons.